The molecule has 0 amide bonds. The molecule has 0 bridgehead atoms. The molecule has 0 saturated carbocycles. The number of hydrogen-bond donors (Lipinski definition) is 0. The number of piperidine rings is 1. The van der Waals surface area contributed by atoms with Crippen molar-refractivity contribution in [1.29, 1.82) is 5.26 Å². The molecule has 1 fully saturated rings. The molecule has 25 heavy (non-hydrogen) atoms. The Kier molecular flexibility index (Phi) is 4.94. The van der Waals surface area contributed by atoms with E-state index in [0.717, 1.165) is 24.0 Å². The monoisotopic (exact) mass is 354 g/mol. The summed E-state index contributed by atoms with van der Waals surface area (Å²) < 4.78 is 28.1. The summed E-state index contributed by atoms with van der Waals surface area (Å²) in [5.74, 6) is 0.329. The fourth-order valence-corrected chi connectivity index (χ4v) is 5.10. The molecule has 0 aliphatic carbocycles. The van der Waals surface area contributed by atoms with Crippen molar-refractivity contribution in [3.8, 4) is 6.07 Å². The van der Waals surface area contributed by atoms with Gasteiger partial charge < -0.3 is 0 Å². The highest BCUT2D eigenvalue weighted by Gasteiger charge is 2.36. The summed E-state index contributed by atoms with van der Waals surface area (Å²) in [5, 5.41) is 8.97. The SMILES string of the molecule is Cc1ccc(S(=O)(=O)N2C[C@@H](C)CC[C@@H]2c2ccc(C#N)cc2)cc1. The third-order valence-electron chi connectivity index (χ3n) is 4.82. The van der Waals surface area contributed by atoms with Gasteiger partial charge in [-0.05, 0) is 55.5 Å². The molecule has 5 heteroatoms. The van der Waals surface area contributed by atoms with Crippen molar-refractivity contribution in [2.24, 2.45) is 5.92 Å². The van der Waals surface area contributed by atoms with Gasteiger partial charge in [-0.3, -0.25) is 0 Å². The molecule has 2 aromatic carbocycles. The third kappa shape index (κ3) is 3.60. The summed E-state index contributed by atoms with van der Waals surface area (Å²) in [6.45, 7) is 4.55. The van der Waals surface area contributed by atoms with Gasteiger partial charge in [0.25, 0.3) is 0 Å². The minimum absolute atomic E-state index is 0.185. The molecule has 130 valence electrons. The summed E-state index contributed by atoms with van der Waals surface area (Å²) in [4.78, 5) is 0.339. The number of rotatable bonds is 3. The van der Waals surface area contributed by atoms with E-state index >= 15 is 0 Å². The molecule has 1 heterocycles. The van der Waals surface area contributed by atoms with Crippen LogP contribution in [-0.4, -0.2) is 19.3 Å². The Morgan fingerprint density at radius 1 is 1.04 bits per heavy atom. The van der Waals surface area contributed by atoms with Crippen LogP contribution in [0.15, 0.2) is 53.4 Å². The second-order valence-corrected chi connectivity index (χ2v) is 8.71. The number of benzene rings is 2. The number of sulfonamides is 1. The van der Waals surface area contributed by atoms with E-state index in [9.17, 15) is 8.42 Å². The Hall–Kier alpha value is -2.16. The lowest BCUT2D eigenvalue weighted by Gasteiger charge is -2.38. The van der Waals surface area contributed by atoms with E-state index in [2.05, 4.69) is 13.0 Å². The summed E-state index contributed by atoms with van der Waals surface area (Å²) in [6, 6.07) is 16.2. The fraction of sp³-hybridized carbons (Fsp3) is 0.350. The molecular formula is C20H22N2O2S. The predicted octanol–water partition coefficient (Wildman–Crippen LogP) is 4.03. The van der Waals surface area contributed by atoms with Crippen LogP contribution >= 0.6 is 0 Å². The first kappa shape index (κ1) is 17.7. The van der Waals surface area contributed by atoms with E-state index in [4.69, 9.17) is 5.26 Å². The highest BCUT2D eigenvalue weighted by Crippen LogP contribution is 2.37. The average Bonchev–Trinajstić information content (AvgIpc) is 2.62. The van der Waals surface area contributed by atoms with Crippen LogP contribution < -0.4 is 0 Å². The van der Waals surface area contributed by atoms with Gasteiger partial charge in [0, 0.05) is 6.54 Å². The molecule has 1 aliphatic rings. The van der Waals surface area contributed by atoms with Crippen LogP contribution in [0, 0.1) is 24.2 Å². The average molecular weight is 354 g/mol. The zero-order valence-electron chi connectivity index (χ0n) is 14.5. The van der Waals surface area contributed by atoms with Gasteiger partial charge in [-0.15, -0.1) is 0 Å². The maximum Gasteiger partial charge on any atom is 0.243 e. The van der Waals surface area contributed by atoms with Gasteiger partial charge in [0.05, 0.1) is 22.6 Å². The normalized spacial score (nSPS) is 21.6. The van der Waals surface area contributed by atoms with Crippen molar-refractivity contribution in [1.82, 2.24) is 4.31 Å². The van der Waals surface area contributed by atoms with Crippen molar-refractivity contribution in [3.63, 3.8) is 0 Å². The van der Waals surface area contributed by atoms with Gasteiger partial charge in [0.2, 0.25) is 10.0 Å². The molecule has 0 aromatic heterocycles. The minimum Gasteiger partial charge on any atom is -0.207 e. The zero-order valence-corrected chi connectivity index (χ0v) is 15.3. The molecule has 0 unspecified atom stereocenters. The molecule has 4 nitrogen and oxygen atoms in total. The first-order valence-electron chi connectivity index (χ1n) is 8.50. The summed E-state index contributed by atoms with van der Waals surface area (Å²) in [6.07, 6.45) is 1.78. The highest BCUT2D eigenvalue weighted by molar-refractivity contribution is 7.89. The van der Waals surface area contributed by atoms with Gasteiger partial charge in [-0.2, -0.15) is 9.57 Å². The summed E-state index contributed by atoms with van der Waals surface area (Å²) >= 11 is 0. The van der Waals surface area contributed by atoms with Crippen LogP contribution in [0.25, 0.3) is 0 Å². The molecule has 3 rings (SSSR count). The van der Waals surface area contributed by atoms with Crippen molar-refractivity contribution < 1.29 is 8.42 Å². The zero-order chi connectivity index (χ0) is 18.0. The van der Waals surface area contributed by atoms with Crippen LogP contribution in [0.4, 0.5) is 0 Å². The van der Waals surface area contributed by atoms with Gasteiger partial charge in [0.1, 0.15) is 0 Å². The van der Waals surface area contributed by atoms with Crippen LogP contribution in [0.2, 0.25) is 0 Å². The second kappa shape index (κ2) is 6.99. The number of nitrogens with zero attached hydrogens (tertiary/aromatic N) is 2. The quantitative estimate of drug-likeness (QED) is 0.836. The third-order valence-corrected chi connectivity index (χ3v) is 6.71. The van der Waals surface area contributed by atoms with Crippen LogP contribution in [0.5, 0.6) is 0 Å². The van der Waals surface area contributed by atoms with Crippen LogP contribution in [0.3, 0.4) is 0 Å². The van der Waals surface area contributed by atoms with Gasteiger partial charge in [-0.25, -0.2) is 8.42 Å². The Morgan fingerprint density at radius 3 is 2.28 bits per heavy atom. The van der Waals surface area contributed by atoms with E-state index in [1.54, 1.807) is 28.6 Å². The van der Waals surface area contributed by atoms with E-state index in [0.29, 0.717) is 22.9 Å². The molecule has 1 aliphatic heterocycles. The molecular weight excluding hydrogens is 332 g/mol. The largest absolute Gasteiger partial charge is 0.243 e. The summed E-state index contributed by atoms with van der Waals surface area (Å²) in [7, 11) is -3.56. The molecule has 1 saturated heterocycles. The molecule has 0 N–H and O–H groups in total. The Balaban J connectivity index is 1.99. The first-order chi connectivity index (χ1) is 11.9. The lowest BCUT2D eigenvalue weighted by Crippen LogP contribution is -2.41. The molecule has 0 radical (unpaired) electrons. The molecule has 2 atom stereocenters. The van der Waals surface area contributed by atoms with Crippen LogP contribution in [-0.2, 0) is 10.0 Å². The van der Waals surface area contributed by atoms with E-state index < -0.39 is 10.0 Å². The number of aryl methyl sites for hydroxylation is 1. The lowest BCUT2D eigenvalue weighted by molar-refractivity contribution is 0.207. The lowest BCUT2D eigenvalue weighted by atomic mass is 9.92. The van der Waals surface area contributed by atoms with Gasteiger partial charge >= 0.3 is 0 Å². The van der Waals surface area contributed by atoms with Crippen molar-refractivity contribution in [3.05, 3.63) is 65.2 Å². The topological polar surface area (TPSA) is 61.2 Å². The van der Waals surface area contributed by atoms with Gasteiger partial charge in [-0.1, -0.05) is 36.8 Å². The Bertz CT molecular complexity index is 881. The van der Waals surface area contributed by atoms with Crippen molar-refractivity contribution >= 4 is 10.0 Å². The fourth-order valence-electron chi connectivity index (χ4n) is 3.34. The van der Waals surface area contributed by atoms with E-state index in [1.165, 1.54) is 0 Å². The standard InChI is InChI=1S/C20H22N2O2S/c1-15-3-10-19(11-4-15)25(23,24)22-14-16(2)5-12-20(22)18-8-6-17(13-21)7-9-18/h3-4,6-11,16,20H,5,12,14H2,1-2H3/t16-,20+/m0/s1. The maximum atomic E-state index is 13.2. The Labute approximate surface area is 149 Å². The summed E-state index contributed by atoms with van der Waals surface area (Å²) in [5.41, 5.74) is 2.57. The van der Waals surface area contributed by atoms with E-state index in [-0.39, 0.29) is 6.04 Å². The number of nitriles is 1. The predicted molar refractivity (Wildman–Crippen MR) is 97.4 cm³/mol. The molecule has 2 aromatic rings. The second-order valence-electron chi connectivity index (χ2n) is 6.82. The van der Waals surface area contributed by atoms with Crippen molar-refractivity contribution in [2.45, 2.75) is 37.6 Å². The Morgan fingerprint density at radius 2 is 1.68 bits per heavy atom. The van der Waals surface area contributed by atoms with Crippen LogP contribution in [0.1, 0.15) is 42.5 Å². The van der Waals surface area contributed by atoms with Gasteiger partial charge in [0.15, 0.2) is 0 Å². The van der Waals surface area contributed by atoms with E-state index in [1.807, 2.05) is 31.2 Å². The highest BCUT2D eigenvalue weighted by atomic mass is 32.2. The number of hydrogen-bond acceptors (Lipinski definition) is 3. The maximum absolute atomic E-state index is 13.2. The first-order valence-corrected chi connectivity index (χ1v) is 9.94. The van der Waals surface area contributed by atoms with Crippen molar-refractivity contribution in [2.75, 3.05) is 6.54 Å². The molecule has 0 spiro atoms. The minimum atomic E-state index is -3.56. The smallest absolute Gasteiger partial charge is 0.207 e.